The molecule has 2 fully saturated rings. The molecule has 1 aromatic heterocycles. The fraction of sp³-hybridized carbons (Fsp3) is 0.650. The highest BCUT2D eigenvalue weighted by Gasteiger charge is 2.40. The van der Waals surface area contributed by atoms with Crippen molar-refractivity contribution < 1.29 is 9.53 Å². The van der Waals surface area contributed by atoms with Crippen molar-refractivity contribution >= 4 is 23.5 Å². The summed E-state index contributed by atoms with van der Waals surface area (Å²) in [7, 11) is 1.71. The summed E-state index contributed by atoms with van der Waals surface area (Å²) in [5, 5.41) is 3.85. The summed E-state index contributed by atoms with van der Waals surface area (Å²) < 4.78 is 5.71. The Labute approximate surface area is 165 Å². The van der Waals surface area contributed by atoms with E-state index in [0.717, 1.165) is 45.2 Å². The lowest BCUT2D eigenvalue weighted by atomic mass is 9.83. The molecule has 5 atom stereocenters. The number of aromatic nitrogens is 2. The van der Waals surface area contributed by atoms with Crippen LogP contribution in [0.3, 0.4) is 0 Å². The largest absolute Gasteiger partial charge is 0.379 e. The fourth-order valence-corrected chi connectivity index (χ4v) is 4.88. The number of nitrogens with zero attached hydrogens (tertiary/aromatic N) is 3. The van der Waals surface area contributed by atoms with Crippen molar-refractivity contribution in [3.63, 3.8) is 0 Å². The van der Waals surface area contributed by atoms with Crippen molar-refractivity contribution in [2.24, 2.45) is 17.8 Å². The van der Waals surface area contributed by atoms with Crippen LogP contribution in [0.5, 0.6) is 0 Å². The molecule has 0 bridgehead atoms. The Bertz CT molecular complexity index is 680. The second-order valence-corrected chi connectivity index (χ2v) is 8.40. The maximum absolute atomic E-state index is 13.1. The molecule has 146 valence electrons. The lowest BCUT2D eigenvalue weighted by molar-refractivity contribution is -0.137. The van der Waals surface area contributed by atoms with E-state index in [-0.39, 0.29) is 18.1 Å². The lowest BCUT2D eigenvalue weighted by Crippen LogP contribution is -2.45. The highest BCUT2D eigenvalue weighted by Crippen LogP contribution is 2.36. The zero-order valence-electron chi connectivity index (χ0n) is 15.7. The summed E-state index contributed by atoms with van der Waals surface area (Å²) in [5.41, 5.74) is 0. The van der Waals surface area contributed by atoms with Gasteiger partial charge in [-0.05, 0) is 43.9 Å². The van der Waals surface area contributed by atoms with E-state index in [1.54, 1.807) is 19.5 Å². The smallest absolute Gasteiger partial charge is 0.225 e. The Kier molecular flexibility index (Phi) is 5.64. The van der Waals surface area contributed by atoms with Crippen LogP contribution in [-0.2, 0) is 9.53 Å². The summed E-state index contributed by atoms with van der Waals surface area (Å²) in [5.74, 6) is 2.21. The van der Waals surface area contributed by atoms with Gasteiger partial charge in [0.1, 0.15) is 0 Å². The molecule has 1 N–H and O–H groups in total. The summed E-state index contributed by atoms with van der Waals surface area (Å²) >= 11 is 5.85. The van der Waals surface area contributed by atoms with Gasteiger partial charge in [0, 0.05) is 26.1 Å². The molecule has 0 spiro atoms. The van der Waals surface area contributed by atoms with E-state index >= 15 is 0 Å². The van der Waals surface area contributed by atoms with Crippen LogP contribution in [0.4, 0.5) is 5.95 Å². The normalized spacial score (nSPS) is 33.0. The van der Waals surface area contributed by atoms with Crippen molar-refractivity contribution in [1.82, 2.24) is 14.9 Å². The Morgan fingerprint density at radius 1 is 1.19 bits per heavy atom. The van der Waals surface area contributed by atoms with Gasteiger partial charge in [0.2, 0.25) is 11.9 Å². The standard InChI is InChI=1S/C20H27ClN4O2/c1-27-18-8-13(6-7-17(18)24-20-22-9-16(21)10-23-20)19(26)25-11-14-4-2-3-5-15(14)12-25/h2-3,9-10,13-15,17-18H,4-8,11-12H2,1H3,(H,22,23,24)/t13-,14-,15+,17-,18-/m0/s1. The van der Waals surface area contributed by atoms with E-state index in [4.69, 9.17) is 16.3 Å². The summed E-state index contributed by atoms with van der Waals surface area (Å²) in [6.07, 6.45) is 12.4. The van der Waals surface area contributed by atoms with Crippen LogP contribution >= 0.6 is 11.6 Å². The first kappa shape index (κ1) is 18.7. The summed E-state index contributed by atoms with van der Waals surface area (Å²) in [4.78, 5) is 23.6. The number of ether oxygens (including phenoxy) is 1. The minimum Gasteiger partial charge on any atom is -0.379 e. The quantitative estimate of drug-likeness (QED) is 0.800. The fourth-order valence-electron chi connectivity index (χ4n) is 4.78. The summed E-state index contributed by atoms with van der Waals surface area (Å²) in [6, 6.07) is 0.102. The maximum atomic E-state index is 13.1. The van der Waals surface area contributed by atoms with Crippen LogP contribution in [0.25, 0.3) is 0 Å². The molecule has 1 aromatic rings. The number of fused-ring (bicyclic) bond motifs is 1. The first-order valence-electron chi connectivity index (χ1n) is 9.84. The van der Waals surface area contributed by atoms with Crippen molar-refractivity contribution in [2.45, 2.75) is 44.2 Å². The van der Waals surface area contributed by atoms with Gasteiger partial charge in [0.15, 0.2) is 0 Å². The number of allylic oxidation sites excluding steroid dienone is 2. The van der Waals surface area contributed by atoms with Gasteiger partial charge in [-0.25, -0.2) is 9.97 Å². The van der Waals surface area contributed by atoms with Gasteiger partial charge >= 0.3 is 0 Å². The monoisotopic (exact) mass is 390 g/mol. The number of methoxy groups -OCH3 is 1. The number of hydrogen-bond acceptors (Lipinski definition) is 5. The second kappa shape index (κ2) is 8.15. The number of anilines is 1. The van der Waals surface area contributed by atoms with Crippen LogP contribution < -0.4 is 5.32 Å². The third-order valence-corrected chi connectivity index (χ3v) is 6.51. The van der Waals surface area contributed by atoms with Crippen molar-refractivity contribution in [3.05, 3.63) is 29.6 Å². The molecule has 0 unspecified atom stereocenters. The van der Waals surface area contributed by atoms with E-state index in [9.17, 15) is 4.79 Å². The number of rotatable bonds is 4. The van der Waals surface area contributed by atoms with Gasteiger partial charge in [0.05, 0.1) is 29.6 Å². The number of likely N-dealkylation sites (tertiary alicyclic amines) is 1. The Balaban J connectivity index is 1.35. The SMILES string of the molecule is CO[C@H]1C[C@@H](C(=O)N2C[C@H]3CC=CC[C@H]3C2)CC[C@@H]1Nc1ncc(Cl)cn1. The number of hydrogen-bond donors (Lipinski definition) is 1. The predicted molar refractivity (Wildman–Crippen MR) is 105 cm³/mol. The van der Waals surface area contributed by atoms with E-state index < -0.39 is 0 Å². The Morgan fingerprint density at radius 3 is 2.48 bits per heavy atom. The van der Waals surface area contributed by atoms with Crippen LogP contribution in [0.1, 0.15) is 32.1 Å². The van der Waals surface area contributed by atoms with E-state index in [1.807, 2.05) is 0 Å². The molecular formula is C20H27ClN4O2. The topological polar surface area (TPSA) is 67.3 Å². The molecule has 27 heavy (non-hydrogen) atoms. The first-order chi connectivity index (χ1) is 13.1. The molecule has 1 saturated heterocycles. The molecule has 2 heterocycles. The van der Waals surface area contributed by atoms with Crippen molar-refractivity contribution in [2.75, 3.05) is 25.5 Å². The summed E-state index contributed by atoms with van der Waals surface area (Å²) in [6.45, 7) is 1.84. The third-order valence-electron chi connectivity index (χ3n) is 6.31. The van der Waals surface area contributed by atoms with Gasteiger partial charge in [0.25, 0.3) is 0 Å². The predicted octanol–water partition coefficient (Wildman–Crippen LogP) is 3.15. The van der Waals surface area contributed by atoms with Gasteiger partial charge in [-0.15, -0.1) is 0 Å². The average Bonchev–Trinajstić information content (AvgIpc) is 3.13. The minimum absolute atomic E-state index is 0.0291. The molecular weight excluding hydrogens is 364 g/mol. The number of carbonyl (C=O) groups excluding carboxylic acids is 1. The van der Waals surface area contributed by atoms with Crippen LogP contribution in [0.2, 0.25) is 5.02 Å². The molecule has 0 aromatic carbocycles. The van der Waals surface area contributed by atoms with Crippen molar-refractivity contribution in [3.8, 4) is 0 Å². The average molecular weight is 391 g/mol. The first-order valence-corrected chi connectivity index (χ1v) is 10.2. The van der Waals surface area contributed by atoms with Crippen LogP contribution in [0.15, 0.2) is 24.5 Å². The zero-order valence-corrected chi connectivity index (χ0v) is 16.4. The van der Waals surface area contributed by atoms with Crippen molar-refractivity contribution in [1.29, 1.82) is 0 Å². The number of carbonyl (C=O) groups is 1. The second-order valence-electron chi connectivity index (χ2n) is 7.97. The highest BCUT2D eigenvalue weighted by atomic mass is 35.5. The molecule has 6 nitrogen and oxygen atoms in total. The number of nitrogens with one attached hydrogen (secondary N) is 1. The molecule has 1 aliphatic heterocycles. The van der Waals surface area contributed by atoms with Crippen LogP contribution in [0, 0.1) is 17.8 Å². The molecule has 7 heteroatoms. The van der Waals surface area contributed by atoms with E-state index in [1.165, 1.54) is 0 Å². The van der Waals surface area contributed by atoms with Gasteiger partial charge in [-0.3, -0.25) is 4.79 Å². The zero-order chi connectivity index (χ0) is 18.8. The molecule has 3 aliphatic rings. The molecule has 2 aliphatic carbocycles. The maximum Gasteiger partial charge on any atom is 0.225 e. The Hall–Kier alpha value is -1.66. The van der Waals surface area contributed by atoms with Gasteiger partial charge in [-0.2, -0.15) is 0 Å². The lowest BCUT2D eigenvalue weighted by Gasteiger charge is -2.36. The highest BCUT2D eigenvalue weighted by molar-refractivity contribution is 6.30. The van der Waals surface area contributed by atoms with Gasteiger partial charge < -0.3 is 15.0 Å². The minimum atomic E-state index is -0.0291. The van der Waals surface area contributed by atoms with Gasteiger partial charge in [-0.1, -0.05) is 23.8 Å². The number of amides is 1. The van der Waals surface area contributed by atoms with Crippen LogP contribution in [-0.4, -0.2) is 53.1 Å². The number of halogens is 1. The molecule has 0 radical (unpaired) electrons. The molecule has 1 amide bonds. The molecule has 4 rings (SSSR count). The third kappa shape index (κ3) is 4.11. The van der Waals surface area contributed by atoms with E-state index in [2.05, 4.69) is 32.3 Å². The Morgan fingerprint density at radius 2 is 1.85 bits per heavy atom. The van der Waals surface area contributed by atoms with E-state index in [0.29, 0.717) is 28.7 Å². The molecule has 1 saturated carbocycles.